The molecule has 0 aliphatic carbocycles. The van der Waals surface area contributed by atoms with Crippen molar-refractivity contribution in [3.63, 3.8) is 0 Å². The first kappa shape index (κ1) is 11.5. The lowest BCUT2D eigenvalue weighted by molar-refractivity contribution is -0.133. The Morgan fingerprint density at radius 1 is 1.53 bits per heavy atom. The molecule has 1 unspecified atom stereocenters. The summed E-state index contributed by atoms with van der Waals surface area (Å²) >= 11 is 0. The highest BCUT2D eigenvalue weighted by atomic mass is 31.1. The van der Waals surface area contributed by atoms with Crippen LogP contribution in [0, 0.1) is 0 Å². The molecular weight excluding hydrogens is 219 g/mol. The van der Waals surface area contributed by atoms with Crippen molar-refractivity contribution in [1.82, 2.24) is 0 Å². The van der Waals surface area contributed by atoms with E-state index in [4.69, 9.17) is 9.63 Å². The Morgan fingerprint density at radius 3 is 2.87 bits per heavy atom. The fourth-order valence-electron chi connectivity index (χ4n) is 0.793. The Bertz CT molecular complexity index is 377. The van der Waals surface area contributed by atoms with Gasteiger partial charge in [-0.3, -0.25) is 0 Å². The van der Waals surface area contributed by atoms with Gasteiger partial charge in [-0.25, -0.2) is 9.32 Å². The normalized spacial score (nSPS) is 10.6. The molecule has 1 aromatic rings. The fourth-order valence-corrected chi connectivity index (χ4v) is 1.41. The Morgan fingerprint density at radius 2 is 2.27 bits per heavy atom. The lowest BCUT2D eigenvalue weighted by atomic mass is 10.3. The smallest absolute Gasteiger partial charge is 0.508 e. The monoisotopic (exact) mass is 229 g/mol. The number of carbonyl (C=O) groups is 1. The van der Waals surface area contributed by atoms with Gasteiger partial charge in [0.25, 0.3) is 0 Å². The number of phenols is 1. The second-order valence-corrected chi connectivity index (χ2v) is 3.44. The van der Waals surface area contributed by atoms with E-state index >= 15 is 0 Å². The molecule has 1 aromatic carbocycles. The summed E-state index contributed by atoms with van der Waals surface area (Å²) in [7, 11) is -2.53. The number of rotatable bonds is 4. The van der Waals surface area contributed by atoms with E-state index in [1.54, 1.807) is 6.92 Å². The molecule has 0 aliphatic heterocycles. The van der Waals surface area contributed by atoms with Gasteiger partial charge in [0.15, 0.2) is 5.75 Å². The standard InChI is InChI=1S/C9H9O5P/c1-2-9(11)14-15(12)13-8-5-3-4-7(10)6-8/h3-6H,2H2,1H3/p+1. The summed E-state index contributed by atoms with van der Waals surface area (Å²) in [6.07, 6.45) is 0.129. The summed E-state index contributed by atoms with van der Waals surface area (Å²) in [4.78, 5) is 10.7. The van der Waals surface area contributed by atoms with Crippen LogP contribution in [0.15, 0.2) is 24.3 Å². The van der Waals surface area contributed by atoms with E-state index in [0.29, 0.717) is 0 Å². The predicted octanol–water partition coefficient (Wildman–Crippen LogP) is 2.38. The minimum absolute atomic E-state index is 0.0160. The molecule has 15 heavy (non-hydrogen) atoms. The molecule has 1 atom stereocenters. The Balaban J connectivity index is 2.55. The van der Waals surface area contributed by atoms with Gasteiger partial charge in [0.2, 0.25) is 0 Å². The molecule has 0 fully saturated rings. The molecule has 0 aliphatic rings. The molecule has 0 spiro atoms. The van der Waals surface area contributed by atoms with Crippen LogP contribution in [0.5, 0.6) is 11.5 Å². The third-order valence-electron chi connectivity index (χ3n) is 1.46. The van der Waals surface area contributed by atoms with Gasteiger partial charge < -0.3 is 5.11 Å². The van der Waals surface area contributed by atoms with Gasteiger partial charge >= 0.3 is 14.2 Å². The van der Waals surface area contributed by atoms with Crippen LogP contribution in [0.2, 0.25) is 0 Å². The first-order valence-electron chi connectivity index (χ1n) is 4.27. The summed E-state index contributed by atoms with van der Waals surface area (Å²) < 4.78 is 20.3. The average Bonchev–Trinajstić information content (AvgIpc) is 2.17. The fraction of sp³-hybridized carbons (Fsp3) is 0.222. The maximum absolute atomic E-state index is 11.1. The maximum atomic E-state index is 11.1. The summed E-state index contributed by atoms with van der Waals surface area (Å²) in [5.74, 6) is -0.436. The maximum Gasteiger partial charge on any atom is 0.808 e. The Labute approximate surface area is 87.6 Å². The second-order valence-electron chi connectivity index (χ2n) is 2.63. The van der Waals surface area contributed by atoms with Crippen LogP contribution in [0.3, 0.4) is 0 Å². The highest BCUT2D eigenvalue weighted by molar-refractivity contribution is 7.34. The molecule has 80 valence electrons. The lowest BCUT2D eigenvalue weighted by Gasteiger charge is -1.93. The van der Waals surface area contributed by atoms with Gasteiger partial charge in [-0.15, -0.1) is 0 Å². The van der Waals surface area contributed by atoms with Crippen molar-refractivity contribution in [3.05, 3.63) is 24.3 Å². The van der Waals surface area contributed by atoms with Crippen molar-refractivity contribution < 1.29 is 23.5 Å². The van der Waals surface area contributed by atoms with Gasteiger partial charge in [-0.05, 0) is 12.1 Å². The molecule has 0 saturated carbocycles. The van der Waals surface area contributed by atoms with Gasteiger partial charge in [0, 0.05) is 17.1 Å². The SMILES string of the molecule is CCC(=O)O[P+](=O)Oc1cccc(O)c1. The number of carbonyl (C=O) groups excluding carboxylic acids is 1. The molecule has 1 N–H and O–H groups in total. The Kier molecular flexibility index (Phi) is 4.06. The molecule has 0 saturated heterocycles. The van der Waals surface area contributed by atoms with Crippen LogP contribution in [0.4, 0.5) is 0 Å². The van der Waals surface area contributed by atoms with Crippen molar-refractivity contribution in [2.75, 3.05) is 0 Å². The van der Waals surface area contributed by atoms with Crippen molar-refractivity contribution in [1.29, 1.82) is 0 Å². The van der Waals surface area contributed by atoms with Crippen LogP contribution in [0.1, 0.15) is 13.3 Å². The quantitative estimate of drug-likeness (QED) is 0.802. The van der Waals surface area contributed by atoms with Crippen molar-refractivity contribution in [2.24, 2.45) is 0 Å². The third-order valence-corrected chi connectivity index (χ3v) is 2.18. The zero-order valence-corrected chi connectivity index (χ0v) is 8.94. The number of hydrogen-bond acceptors (Lipinski definition) is 5. The van der Waals surface area contributed by atoms with Gasteiger partial charge in [0.05, 0.1) is 0 Å². The third kappa shape index (κ3) is 3.95. The summed E-state index contributed by atoms with van der Waals surface area (Å²) in [5.41, 5.74) is 0. The molecular formula is C9H10O5P+. The summed E-state index contributed by atoms with van der Waals surface area (Å²) in [6, 6.07) is 5.73. The summed E-state index contributed by atoms with van der Waals surface area (Å²) in [6.45, 7) is 1.58. The molecule has 0 heterocycles. The molecule has 0 aromatic heterocycles. The second kappa shape index (κ2) is 5.32. The van der Waals surface area contributed by atoms with E-state index in [1.165, 1.54) is 24.3 Å². The minimum atomic E-state index is -2.53. The van der Waals surface area contributed by atoms with Crippen LogP contribution >= 0.6 is 8.25 Å². The first-order chi connectivity index (χ1) is 7.11. The molecule has 0 bridgehead atoms. The number of benzene rings is 1. The van der Waals surface area contributed by atoms with Crippen molar-refractivity contribution in [2.45, 2.75) is 13.3 Å². The molecule has 0 amide bonds. The van der Waals surface area contributed by atoms with Crippen LogP contribution in [0.25, 0.3) is 0 Å². The zero-order chi connectivity index (χ0) is 11.3. The van der Waals surface area contributed by atoms with E-state index in [9.17, 15) is 9.36 Å². The van der Waals surface area contributed by atoms with Crippen LogP contribution in [-0.2, 0) is 13.9 Å². The van der Waals surface area contributed by atoms with Gasteiger partial charge in [-0.2, -0.15) is 4.52 Å². The zero-order valence-electron chi connectivity index (χ0n) is 8.04. The van der Waals surface area contributed by atoms with Crippen LogP contribution in [-0.4, -0.2) is 11.1 Å². The van der Waals surface area contributed by atoms with Crippen LogP contribution < -0.4 is 4.52 Å². The average molecular weight is 229 g/mol. The molecule has 1 rings (SSSR count). The van der Waals surface area contributed by atoms with Gasteiger partial charge in [0.1, 0.15) is 5.75 Å². The highest BCUT2D eigenvalue weighted by Gasteiger charge is 2.26. The topological polar surface area (TPSA) is 72.8 Å². The highest BCUT2D eigenvalue weighted by Crippen LogP contribution is 2.30. The Hall–Kier alpha value is -1.61. The number of aromatic hydroxyl groups is 1. The largest absolute Gasteiger partial charge is 0.808 e. The van der Waals surface area contributed by atoms with E-state index in [1.807, 2.05) is 0 Å². The molecule has 0 radical (unpaired) electrons. The van der Waals surface area contributed by atoms with E-state index in [0.717, 1.165) is 0 Å². The van der Waals surface area contributed by atoms with E-state index in [-0.39, 0.29) is 17.9 Å². The van der Waals surface area contributed by atoms with E-state index in [2.05, 4.69) is 4.52 Å². The van der Waals surface area contributed by atoms with Crippen molar-refractivity contribution in [3.8, 4) is 11.5 Å². The van der Waals surface area contributed by atoms with Gasteiger partial charge in [-0.1, -0.05) is 13.0 Å². The number of hydrogen-bond donors (Lipinski definition) is 1. The molecule has 5 nitrogen and oxygen atoms in total. The predicted molar refractivity (Wildman–Crippen MR) is 52.7 cm³/mol. The van der Waals surface area contributed by atoms with Crippen molar-refractivity contribution >= 4 is 14.2 Å². The first-order valence-corrected chi connectivity index (χ1v) is 5.36. The van der Waals surface area contributed by atoms with E-state index < -0.39 is 14.2 Å². The summed E-state index contributed by atoms with van der Waals surface area (Å²) in [5, 5.41) is 9.07. The lowest BCUT2D eigenvalue weighted by Crippen LogP contribution is -1.97. The number of phenolic OH excluding ortho intramolecular Hbond substituents is 1. The minimum Gasteiger partial charge on any atom is -0.508 e. The molecule has 6 heteroatoms.